The maximum atomic E-state index is 11.2. The molecular formula is C14H23N3OS. The molecule has 0 aliphatic carbocycles. The van der Waals surface area contributed by atoms with Gasteiger partial charge < -0.3 is 9.80 Å². The van der Waals surface area contributed by atoms with Crippen LogP contribution in [0.4, 0.5) is 5.13 Å². The number of carbonyl (C=O) groups excluding carboxylic acids is 1. The molecule has 1 saturated heterocycles. The van der Waals surface area contributed by atoms with Gasteiger partial charge in [-0.25, -0.2) is 4.98 Å². The van der Waals surface area contributed by atoms with Crippen molar-refractivity contribution in [3.8, 4) is 0 Å². The molecule has 1 aromatic heterocycles. The topological polar surface area (TPSA) is 36.4 Å². The zero-order chi connectivity index (χ0) is 13.8. The van der Waals surface area contributed by atoms with Crippen LogP contribution in [0.3, 0.4) is 0 Å². The Labute approximate surface area is 119 Å². The molecule has 0 spiro atoms. The molecule has 19 heavy (non-hydrogen) atoms. The van der Waals surface area contributed by atoms with Gasteiger partial charge in [0.1, 0.15) is 0 Å². The van der Waals surface area contributed by atoms with E-state index in [1.165, 1.54) is 0 Å². The Hall–Kier alpha value is -0.940. The van der Waals surface area contributed by atoms with Gasteiger partial charge in [0.15, 0.2) is 11.4 Å². The standard InChI is InChI=1S/C14H23N3OS/c1-4-11(3)13-12(10-18)19-14(15-13)17-8-6-16(5-2)7-9-17/h10-11H,4-9H2,1-3H3. The highest BCUT2D eigenvalue weighted by Gasteiger charge is 2.22. The minimum absolute atomic E-state index is 0.363. The smallest absolute Gasteiger partial charge is 0.186 e. The molecule has 1 unspecified atom stereocenters. The van der Waals surface area contributed by atoms with Crippen LogP contribution < -0.4 is 4.90 Å². The lowest BCUT2D eigenvalue weighted by Crippen LogP contribution is -2.46. The summed E-state index contributed by atoms with van der Waals surface area (Å²) in [6.07, 6.45) is 1.98. The lowest BCUT2D eigenvalue weighted by molar-refractivity contribution is 0.112. The highest BCUT2D eigenvalue weighted by Crippen LogP contribution is 2.31. The summed E-state index contributed by atoms with van der Waals surface area (Å²) in [5.41, 5.74) is 0.982. The molecule has 4 nitrogen and oxygen atoms in total. The van der Waals surface area contributed by atoms with Crippen LogP contribution in [0.2, 0.25) is 0 Å². The predicted octanol–water partition coefficient (Wildman–Crippen LogP) is 2.61. The van der Waals surface area contributed by atoms with Gasteiger partial charge in [0, 0.05) is 26.2 Å². The summed E-state index contributed by atoms with van der Waals surface area (Å²) < 4.78 is 0. The van der Waals surface area contributed by atoms with Crippen LogP contribution >= 0.6 is 11.3 Å². The van der Waals surface area contributed by atoms with Gasteiger partial charge in [-0.05, 0) is 18.9 Å². The fourth-order valence-corrected chi connectivity index (χ4v) is 3.40. The van der Waals surface area contributed by atoms with Crippen LogP contribution in [-0.4, -0.2) is 48.9 Å². The molecular weight excluding hydrogens is 258 g/mol. The number of nitrogens with zero attached hydrogens (tertiary/aromatic N) is 3. The first-order valence-electron chi connectivity index (χ1n) is 7.12. The largest absolute Gasteiger partial charge is 0.346 e. The zero-order valence-electron chi connectivity index (χ0n) is 12.1. The van der Waals surface area contributed by atoms with E-state index in [9.17, 15) is 4.79 Å². The van der Waals surface area contributed by atoms with Crippen LogP contribution in [0, 0.1) is 0 Å². The Morgan fingerprint density at radius 1 is 1.32 bits per heavy atom. The fourth-order valence-electron chi connectivity index (χ4n) is 2.35. The Bertz CT molecular complexity index is 424. The lowest BCUT2D eigenvalue weighted by Gasteiger charge is -2.33. The van der Waals surface area contributed by atoms with E-state index in [-0.39, 0.29) is 0 Å². The molecule has 0 saturated carbocycles. The first-order valence-corrected chi connectivity index (χ1v) is 7.94. The van der Waals surface area contributed by atoms with E-state index in [0.717, 1.165) is 61.1 Å². The predicted molar refractivity (Wildman–Crippen MR) is 80.5 cm³/mol. The number of hydrogen-bond donors (Lipinski definition) is 0. The summed E-state index contributed by atoms with van der Waals surface area (Å²) in [5, 5.41) is 1.02. The summed E-state index contributed by atoms with van der Waals surface area (Å²) in [5.74, 6) is 0.363. The fraction of sp³-hybridized carbons (Fsp3) is 0.714. The second kappa shape index (κ2) is 6.48. The second-order valence-electron chi connectivity index (χ2n) is 5.09. The van der Waals surface area contributed by atoms with Gasteiger partial charge in [-0.2, -0.15) is 0 Å². The van der Waals surface area contributed by atoms with Gasteiger partial charge in [-0.3, -0.25) is 4.79 Å². The highest BCUT2D eigenvalue weighted by molar-refractivity contribution is 7.17. The van der Waals surface area contributed by atoms with Crippen LogP contribution in [0.15, 0.2) is 0 Å². The van der Waals surface area contributed by atoms with Crippen molar-refractivity contribution in [2.75, 3.05) is 37.6 Å². The van der Waals surface area contributed by atoms with Crippen molar-refractivity contribution < 1.29 is 4.79 Å². The molecule has 0 radical (unpaired) electrons. The summed E-state index contributed by atoms with van der Waals surface area (Å²) in [7, 11) is 0. The van der Waals surface area contributed by atoms with Crippen LogP contribution in [0.5, 0.6) is 0 Å². The molecule has 2 rings (SSSR count). The first-order chi connectivity index (χ1) is 9.19. The molecule has 5 heteroatoms. The molecule has 106 valence electrons. The van der Waals surface area contributed by atoms with E-state index in [1.807, 2.05) is 0 Å². The van der Waals surface area contributed by atoms with Crippen molar-refractivity contribution in [2.45, 2.75) is 33.1 Å². The first kappa shape index (κ1) is 14.5. The van der Waals surface area contributed by atoms with Crippen molar-refractivity contribution in [3.05, 3.63) is 10.6 Å². The average molecular weight is 281 g/mol. The third-order valence-corrected chi connectivity index (χ3v) is 5.00. The second-order valence-corrected chi connectivity index (χ2v) is 6.10. The number of rotatable bonds is 5. The molecule has 0 aromatic carbocycles. The van der Waals surface area contributed by atoms with E-state index in [2.05, 4.69) is 30.6 Å². The van der Waals surface area contributed by atoms with E-state index < -0.39 is 0 Å². The van der Waals surface area contributed by atoms with Crippen molar-refractivity contribution in [1.82, 2.24) is 9.88 Å². The number of likely N-dealkylation sites (N-methyl/N-ethyl adjacent to an activating group) is 1. The molecule has 1 atom stereocenters. The summed E-state index contributed by atoms with van der Waals surface area (Å²) in [6.45, 7) is 11.8. The Kier molecular flexibility index (Phi) is 4.93. The van der Waals surface area contributed by atoms with E-state index in [1.54, 1.807) is 11.3 Å². The van der Waals surface area contributed by atoms with Crippen LogP contribution in [0.1, 0.15) is 48.5 Å². The summed E-state index contributed by atoms with van der Waals surface area (Å²) in [6, 6.07) is 0. The molecule has 1 aromatic rings. The molecule has 1 aliphatic heterocycles. The maximum Gasteiger partial charge on any atom is 0.186 e. The summed E-state index contributed by atoms with van der Waals surface area (Å²) >= 11 is 1.55. The third kappa shape index (κ3) is 3.15. The SMILES string of the molecule is CCC(C)c1nc(N2CCN(CC)CC2)sc1C=O. The van der Waals surface area contributed by atoms with Gasteiger partial charge in [-0.15, -0.1) is 0 Å². The van der Waals surface area contributed by atoms with E-state index in [0.29, 0.717) is 5.92 Å². The van der Waals surface area contributed by atoms with E-state index in [4.69, 9.17) is 4.98 Å². The minimum atomic E-state index is 0.363. The van der Waals surface area contributed by atoms with E-state index >= 15 is 0 Å². The van der Waals surface area contributed by atoms with Crippen LogP contribution in [-0.2, 0) is 0 Å². The van der Waals surface area contributed by atoms with Gasteiger partial charge in [-0.1, -0.05) is 32.1 Å². The number of anilines is 1. The molecule has 0 amide bonds. The molecule has 2 heterocycles. The number of hydrogen-bond acceptors (Lipinski definition) is 5. The monoisotopic (exact) mass is 281 g/mol. The van der Waals surface area contributed by atoms with Gasteiger partial charge in [0.25, 0.3) is 0 Å². The quantitative estimate of drug-likeness (QED) is 0.777. The maximum absolute atomic E-state index is 11.2. The average Bonchev–Trinajstić information content (AvgIpc) is 2.90. The normalized spacial score (nSPS) is 18.6. The molecule has 1 aliphatic rings. The minimum Gasteiger partial charge on any atom is -0.346 e. The highest BCUT2D eigenvalue weighted by atomic mass is 32.1. The Morgan fingerprint density at radius 3 is 2.53 bits per heavy atom. The Balaban J connectivity index is 2.13. The van der Waals surface area contributed by atoms with Crippen molar-refractivity contribution in [3.63, 3.8) is 0 Å². The number of aromatic nitrogens is 1. The van der Waals surface area contributed by atoms with Gasteiger partial charge in [0.2, 0.25) is 0 Å². The number of thiazole rings is 1. The van der Waals surface area contributed by atoms with Crippen molar-refractivity contribution in [2.24, 2.45) is 0 Å². The molecule has 1 fully saturated rings. The van der Waals surface area contributed by atoms with Gasteiger partial charge >= 0.3 is 0 Å². The van der Waals surface area contributed by atoms with Crippen LogP contribution in [0.25, 0.3) is 0 Å². The third-order valence-electron chi connectivity index (χ3n) is 3.95. The summed E-state index contributed by atoms with van der Waals surface area (Å²) in [4.78, 5) is 21.5. The van der Waals surface area contributed by atoms with Gasteiger partial charge in [0.05, 0.1) is 10.6 Å². The zero-order valence-corrected chi connectivity index (χ0v) is 12.9. The molecule has 0 N–H and O–H groups in total. The molecule has 0 bridgehead atoms. The lowest BCUT2D eigenvalue weighted by atomic mass is 10.0. The number of carbonyl (C=O) groups is 1. The number of piperazine rings is 1. The van der Waals surface area contributed by atoms with Crippen molar-refractivity contribution >= 4 is 22.8 Å². The Morgan fingerprint density at radius 2 is 2.00 bits per heavy atom. The van der Waals surface area contributed by atoms with Crippen molar-refractivity contribution in [1.29, 1.82) is 0 Å². The number of aldehydes is 1.